The Morgan fingerprint density at radius 2 is 1.65 bits per heavy atom. The van der Waals surface area contributed by atoms with E-state index in [1.807, 2.05) is 7.05 Å². The van der Waals surface area contributed by atoms with Gasteiger partial charge >= 0.3 is 0 Å². The summed E-state index contributed by atoms with van der Waals surface area (Å²) in [6, 6.07) is 3.97. The predicted molar refractivity (Wildman–Crippen MR) is 128 cm³/mol. The standard InChI is InChI=1S/C26H40N6O2/c1-19-10-20-12-25(2,30(3)17-24(34)32-9-5-7-22(32)15-28)18-26(11-19,13-20)29-16-23(33)31-8-4-6-21(31)14-27/h19-22,29H,4-13,16-18H2,1-3H3. The number of hydrogen-bond donors (Lipinski definition) is 1. The molecule has 0 spiro atoms. The molecule has 2 aliphatic carbocycles. The average Bonchev–Trinajstić information content (AvgIpc) is 3.45. The van der Waals surface area contributed by atoms with Crippen LogP contribution in [0.5, 0.6) is 0 Å². The molecule has 8 nitrogen and oxygen atoms in total. The molecule has 2 bridgehead atoms. The Labute approximate surface area is 204 Å². The third-order valence-corrected chi connectivity index (χ3v) is 8.95. The van der Waals surface area contributed by atoms with Gasteiger partial charge in [-0.1, -0.05) is 6.92 Å². The van der Waals surface area contributed by atoms with Crippen molar-refractivity contribution in [3.05, 3.63) is 0 Å². The fraction of sp³-hybridized carbons (Fsp3) is 0.846. The number of nitrogens with zero attached hydrogens (tertiary/aromatic N) is 5. The van der Waals surface area contributed by atoms with Gasteiger partial charge in [-0.05, 0) is 83.6 Å². The summed E-state index contributed by atoms with van der Waals surface area (Å²) in [5.74, 6) is 1.23. The monoisotopic (exact) mass is 468 g/mol. The van der Waals surface area contributed by atoms with Crippen LogP contribution < -0.4 is 5.32 Å². The molecule has 4 fully saturated rings. The van der Waals surface area contributed by atoms with Crippen molar-refractivity contribution in [3.8, 4) is 12.1 Å². The first kappa shape index (κ1) is 24.9. The predicted octanol–water partition coefficient (Wildman–Crippen LogP) is 2.26. The Balaban J connectivity index is 1.44. The molecule has 186 valence electrons. The van der Waals surface area contributed by atoms with Gasteiger partial charge in [-0.2, -0.15) is 10.5 Å². The van der Waals surface area contributed by atoms with E-state index < -0.39 is 0 Å². The fourth-order valence-corrected chi connectivity index (χ4v) is 7.51. The van der Waals surface area contributed by atoms with Crippen LogP contribution in [0.2, 0.25) is 0 Å². The van der Waals surface area contributed by atoms with Gasteiger partial charge in [-0.3, -0.25) is 14.5 Å². The lowest BCUT2D eigenvalue weighted by Gasteiger charge is -2.57. The summed E-state index contributed by atoms with van der Waals surface area (Å²) in [5.41, 5.74) is -0.285. The van der Waals surface area contributed by atoms with Crippen LogP contribution in [0.1, 0.15) is 71.6 Å². The number of nitrogens with one attached hydrogen (secondary N) is 1. The van der Waals surface area contributed by atoms with Gasteiger partial charge in [-0.25, -0.2) is 0 Å². The smallest absolute Gasteiger partial charge is 0.237 e. The van der Waals surface area contributed by atoms with Crippen LogP contribution in [-0.2, 0) is 9.59 Å². The zero-order valence-electron chi connectivity index (χ0n) is 21.1. The molecular formula is C26H40N6O2. The van der Waals surface area contributed by atoms with E-state index in [0.717, 1.165) is 51.4 Å². The van der Waals surface area contributed by atoms with Crippen molar-refractivity contribution in [2.24, 2.45) is 11.8 Å². The van der Waals surface area contributed by atoms with Crippen LogP contribution in [0.4, 0.5) is 0 Å². The molecule has 0 aromatic carbocycles. The Hall–Kier alpha value is -2.16. The Morgan fingerprint density at radius 3 is 2.26 bits per heavy atom. The molecule has 1 N–H and O–H groups in total. The molecule has 0 aromatic rings. The summed E-state index contributed by atoms with van der Waals surface area (Å²) in [6.45, 7) is 6.52. The second-order valence-corrected chi connectivity index (χ2v) is 11.7. The van der Waals surface area contributed by atoms with Crippen molar-refractivity contribution in [2.75, 3.05) is 33.2 Å². The lowest BCUT2D eigenvalue weighted by molar-refractivity contribution is -0.135. The molecule has 8 heteroatoms. The van der Waals surface area contributed by atoms with Gasteiger partial charge < -0.3 is 15.1 Å². The molecule has 34 heavy (non-hydrogen) atoms. The number of carbonyl (C=O) groups excluding carboxylic acids is 2. The number of nitriles is 2. The molecule has 2 heterocycles. The van der Waals surface area contributed by atoms with Crippen molar-refractivity contribution >= 4 is 11.8 Å². The van der Waals surface area contributed by atoms with Gasteiger partial charge in [0, 0.05) is 24.2 Å². The normalized spacial score (nSPS) is 37.5. The Kier molecular flexibility index (Phi) is 7.22. The molecule has 2 saturated carbocycles. The van der Waals surface area contributed by atoms with Gasteiger partial charge in [-0.15, -0.1) is 0 Å². The number of hydrogen-bond acceptors (Lipinski definition) is 6. The molecule has 4 aliphatic rings. The number of carbonyl (C=O) groups is 2. The number of rotatable bonds is 6. The number of likely N-dealkylation sites (N-methyl/N-ethyl adjacent to an activating group) is 1. The molecule has 2 amide bonds. The van der Waals surface area contributed by atoms with Crippen LogP contribution >= 0.6 is 0 Å². The maximum Gasteiger partial charge on any atom is 0.237 e. The van der Waals surface area contributed by atoms with Crippen LogP contribution in [0.25, 0.3) is 0 Å². The summed E-state index contributed by atoms with van der Waals surface area (Å²) >= 11 is 0. The summed E-state index contributed by atoms with van der Waals surface area (Å²) in [5, 5.41) is 22.4. The number of amides is 2. The first-order chi connectivity index (χ1) is 16.2. The average molecular weight is 469 g/mol. The fourth-order valence-electron chi connectivity index (χ4n) is 7.51. The molecule has 0 aromatic heterocycles. The van der Waals surface area contributed by atoms with Gasteiger partial charge in [0.05, 0.1) is 25.2 Å². The Bertz CT molecular complexity index is 875. The lowest BCUT2D eigenvalue weighted by Crippen LogP contribution is -2.64. The minimum absolute atomic E-state index is 0.0283. The third-order valence-electron chi connectivity index (χ3n) is 8.95. The van der Waals surface area contributed by atoms with Crippen LogP contribution in [0, 0.1) is 34.5 Å². The van der Waals surface area contributed by atoms with Gasteiger partial charge in [0.2, 0.25) is 11.8 Å². The van der Waals surface area contributed by atoms with E-state index in [2.05, 4.69) is 36.2 Å². The molecule has 0 radical (unpaired) electrons. The topological polar surface area (TPSA) is 103 Å². The largest absolute Gasteiger partial charge is 0.326 e. The highest BCUT2D eigenvalue weighted by Crippen LogP contribution is 2.50. The zero-order valence-corrected chi connectivity index (χ0v) is 21.1. The highest BCUT2D eigenvalue weighted by molar-refractivity contribution is 5.80. The van der Waals surface area contributed by atoms with Crippen molar-refractivity contribution in [3.63, 3.8) is 0 Å². The molecule has 2 saturated heterocycles. The second-order valence-electron chi connectivity index (χ2n) is 11.7. The van der Waals surface area contributed by atoms with Crippen LogP contribution in [0.15, 0.2) is 0 Å². The van der Waals surface area contributed by atoms with Crippen molar-refractivity contribution in [1.82, 2.24) is 20.0 Å². The highest BCUT2D eigenvalue weighted by Gasteiger charge is 2.51. The molecule has 6 unspecified atom stereocenters. The summed E-state index contributed by atoms with van der Waals surface area (Å²) in [6.07, 6.45) is 8.54. The summed E-state index contributed by atoms with van der Waals surface area (Å²) in [7, 11) is 2.04. The third kappa shape index (κ3) is 4.95. The van der Waals surface area contributed by atoms with E-state index in [1.54, 1.807) is 9.80 Å². The van der Waals surface area contributed by atoms with E-state index in [0.29, 0.717) is 31.5 Å². The maximum absolute atomic E-state index is 13.1. The lowest BCUT2D eigenvalue weighted by atomic mass is 9.58. The van der Waals surface area contributed by atoms with Gasteiger partial charge in [0.25, 0.3) is 0 Å². The van der Waals surface area contributed by atoms with E-state index in [-0.39, 0.29) is 41.5 Å². The van der Waals surface area contributed by atoms with Gasteiger partial charge in [0.15, 0.2) is 0 Å². The van der Waals surface area contributed by atoms with Crippen LogP contribution in [0.3, 0.4) is 0 Å². The minimum atomic E-state index is -0.290. The van der Waals surface area contributed by atoms with E-state index >= 15 is 0 Å². The van der Waals surface area contributed by atoms with Crippen LogP contribution in [-0.4, -0.2) is 82.9 Å². The van der Waals surface area contributed by atoms with Crippen molar-refractivity contribution in [2.45, 2.75) is 94.8 Å². The molecule has 6 atom stereocenters. The highest BCUT2D eigenvalue weighted by atomic mass is 16.2. The number of fused-ring (bicyclic) bond motifs is 2. The zero-order chi connectivity index (χ0) is 24.5. The first-order valence-corrected chi connectivity index (χ1v) is 13.0. The molecule has 4 rings (SSSR count). The maximum atomic E-state index is 13.1. The minimum Gasteiger partial charge on any atom is -0.326 e. The van der Waals surface area contributed by atoms with E-state index in [1.165, 1.54) is 6.42 Å². The van der Waals surface area contributed by atoms with E-state index in [9.17, 15) is 20.1 Å². The summed E-state index contributed by atoms with van der Waals surface area (Å²) in [4.78, 5) is 31.7. The van der Waals surface area contributed by atoms with Crippen molar-refractivity contribution in [1.29, 1.82) is 10.5 Å². The Morgan fingerprint density at radius 1 is 1.03 bits per heavy atom. The van der Waals surface area contributed by atoms with E-state index in [4.69, 9.17) is 0 Å². The van der Waals surface area contributed by atoms with Gasteiger partial charge in [0.1, 0.15) is 12.1 Å². The second kappa shape index (κ2) is 9.84. The SMILES string of the molecule is CC1CC2CC(NCC(=O)N3CCCC3C#N)(C1)CC(C)(N(C)CC(=O)N1CCCC1C#N)C2. The quantitative estimate of drug-likeness (QED) is 0.641. The first-order valence-electron chi connectivity index (χ1n) is 13.0. The molecule has 2 aliphatic heterocycles. The number of likely N-dealkylation sites (tertiary alicyclic amines) is 2. The molecular weight excluding hydrogens is 428 g/mol. The van der Waals surface area contributed by atoms with Crippen molar-refractivity contribution < 1.29 is 9.59 Å². The summed E-state index contributed by atoms with van der Waals surface area (Å²) < 4.78 is 0.